The van der Waals surface area contributed by atoms with E-state index in [1.54, 1.807) is 6.92 Å². The van der Waals surface area contributed by atoms with Crippen molar-refractivity contribution in [1.29, 1.82) is 0 Å². The third kappa shape index (κ3) is 4.76. The molecule has 0 saturated heterocycles. The smallest absolute Gasteiger partial charge is 0.327 e. The van der Waals surface area contributed by atoms with E-state index in [-0.39, 0.29) is 12.2 Å². The maximum absolute atomic E-state index is 13.3. The highest BCUT2D eigenvalue weighted by atomic mass is 19.1. The van der Waals surface area contributed by atoms with Crippen LogP contribution in [0.2, 0.25) is 0 Å². The SMILES string of the molecule is CC(O)CNCCNc1cc(F)cc(F)c1[N+](=O)[O-]. The van der Waals surface area contributed by atoms with E-state index < -0.39 is 28.3 Å². The van der Waals surface area contributed by atoms with Crippen LogP contribution in [-0.4, -0.2) is 35.8 Å². The number of hydrogen-bond donors (Lipinski definition) is 3. The standard InChI is InChI=1S/C11H15F2N3O3/c1-7(17)6-14-2-3-15-10-5-8(12)4-9(13)11(10)16(18)19/h4-5,7,14-15,17H,2-3,6H2,1H3. The van der Waals surface area contributed by atoms with Crippen LogP contribution in [-0.2, 0) is 0 Å². The Bertz CT molecular complexity index is 455. The fraction of sp³-hybridized carbons (Fsp3) is 0.455. The monoisotopic (exact) mass is 275 g/mol. The molecule has 0 heterocycles. The van der Waals surface area contributed by atoms with E-state index in [0.29, 0.717) is 19.2 Å². The number of anilines is 1. The Labute approximate surface area is 108 Å². The van der Waals surface area contributed by atoms with E-state index in [2.05, 4.69) is 10.6 Å². The Balaban J connectivity index is 2.64. The number of nitrogens with one attached hydrogen (secondary N) is 2. The first kappa shape index (κ1) is 15.3. The minimum atomic E-state index is -1.22. The molecule has 0 amide bonds. The van der Waals surface area contributed by atoms with Gasteiger partial charge < -0.3 is 15.7 Å². The molecule has 1 atom stereocenters. The van der Waals surface area contributed by atoms with Crippen molar-refractivity contribution in [1.82, 2.24) is 5.32 Å². The molecule has 6 nitrogen and oxygen atoms in total. The summed E-state index contributed by atoms with van der Waals surface area (Å²) >= 11 is 0. The molecule has 19 heavy (non-hydrogen) atoms. The summed E-state index contributed by atoms with van der Waals surface area (Å²) in [5.41, 5.74) is -0.988. The number of halogens is 2. The van der Waals surface area contributed by atoms with Gasteiger partial charge in [0.25, 0.3) is 0 Å². The van der Waals surface area contributed by atoms with Crippen molar-refractivity contribution in [2.75, 3.05) is 25.0 Å². The quantitative estimate of drug-likeness (QED) is 0.396. The van der Waals surface area contributed by atoms with Crippen molar-refractivity contribution < 1.29 is 18.8 Å². The van der Waals surface area contributed by atoms with E-state index >= 15 is 0 Å². The van der Waals surface area contributed by atoms with Crippen LogP contribution in [0.4, 0.5) is 20.2 Å². The van der Waals surface area contributed by atoms with Crippen molar-refractivity contribution in [3.8, 4) is 0 Å². The summed E-state index contributed by atoms with van der Waals surface area (Å²) in [5.74, 6) is -2.10. The molecule has 8 heteroatoms. The molecule has 3 N–H and O–H groups in total. The van der Waals surface area contributed by atoms with Crippen LogP contribution in [0.15, 0.2) is 12.1 Å². The summed E-state index contributed by atoms with van der Waals surface area (Å²) in [4.78, 5) is 9.78. The van der Waals surface area contributed by atoms with Gasteiger partial charge in [-0.15, -0.1) is 0 Å². The molecular weight excluding hydrogens is 260 g/mol. The molecule has 1 aromatic carbocycles. The number of benzene rings is 1. The van der Waals surface area contributed by atoms with Crippen LogP contribution in [0.3, 0.4) is 0 Å². The molecule has 1 unspecified atom stereocenters. The van der Waals surface area contributed by atoms with Gasteiger partial charge in [-0.05, 0) is 6.92 Å². The third-order valence-corrected chi connectivity index (χ3v) is 2.27. The molecule has 0 aliphatic carbocycles. The van der Waals surface area contributed by atoms with Gasteiger partial charge in [-0.2, -0.15) is 4.39 Å². The molecule has 106 valence electrons. The normalized spacial score (nSPS) is 12.2. The summed E-state index contributed by atoms with van der Waals surface area (Å²) in [6.45, 7) is 2.59. The van der Waals surface area contributed by atoms with Gasteiger partial charge in [0, 0.05) is 31.8 Å². The lowest BCUT2D eigenvalue weighted by molar-refractivity contribution is -0.386. The van der Waals surface area contributed by atoms with Crippen LogP contribution in [0, 0.1) is 21.7 Å². The predicted molar refractivity (Wildman–Crippen MR) is 66.1 cm³/mol. The molecule has 1 aromatic rings. The molecule has 1 rings (SSSR count). The minimum Gasteiger partial charge on any atom is -0.392 e. The lowest BCUT2D eigenvalue weighted by Gasteiger charge is -2.09. The largest absolute Gasteiger partial charge is 0.392 e. The maximum atomic E-state index is 13.3. The predicted octanol–water partition coefficient (Wildman–Crippen LogP) is 1.26. The summed E-state index contributed by atoms with van der Waals surface area (Å²) in [7, 11) is 0. The van der Waals surface area contributed by atoms with E-state index in [9.17, 15) is 18.9 Å². The summed E-state index contributed by atoms with van der Waals surface area (Å²) in [6.07, 6.45) is -0.513. The molecular formula is C11H15F2N3O3. The molecule has 0 saturated carbocycles. The van der Waals surface area contributed by atoms with Crippen LogP contribution in [0.25, 0.3) is 0 Å². The maximum Gasteiger partial charge on any atom is 0.327 e. The van der Waals surface area contributed by atoms with E-state index in [0.717, 1.165) is 6.07 Å². The zero-order chi connectivity index (χ0) is 14.4. The zero-order valence-corrected chi connectivity index (χ0v) is 10.3. The van der Waals surface area contributed by atoms with E-state index in [4.69, 9.17) is 5.11 Å². The summed E-state index contributed by atoms with van der Waals surface area (Å²) in [5, 5.41) is 25.1. The van der Waals surface area contributed by atoms with Gasteiger partial charge in [0.2, 0.25) is 5.82 Å². The summed E-state index contributed by atoms with van der Waals surface area (Å²) < 4.78 is 26.3. The molecule has 0 radical (unpaired) electrons. The molecule has 0 spiro atoms. The summed E-state index contributed by atoms with van der Waals surface area (Å²) in [6, 6.07) is 1.34. The highest BCUT2D eigenvalue weighted by Crippen LogP contribution is 2.28. The second-order valence-corrected chi connectivity index (χ2v) is 4.02. The average Bonchev–Trinajstić information content (AvgIpc) is 2.26. The molecule has 0 bridgehead atoms. The number of nitro benzene ring substituents is 1. The van der Waals surface area contributed by atoms with Gasteiger partial charge in [-0.3, -0.25) is 10.1 Å². The van der Waals surface area contributed by atoms with Gasteiger partial charge in [-0.1, -0.05) is 0 Å². The van der Waals surface area contributed by atoms with Gasteiger partial charge in [0.1, 0.15) is 11.5 Å². The number of nitrogens with zero attached hydrogens (tertiary/aromatic N) is 1. The van der Waals surface area contributed by atoms with Crippen LogP contribution in [0.5, 0.6) is 0 Å². The number of rotatable bonds is 7. The zero-order valence-electron chi connectivity index (χ0n) is 10.3. The Morgan fingerprint density at radius 3 is 2.68 bits per heavy atom. The van der Waals surface area contributed by atoms with Gasteiger partial charge in [0.05, 0.1) is 11.0 Å². The first-order valence-electron chi connectivity index (χ1n) is 5.68. The van der Waals surface area contributed by atoms with Crippen LogP contribution in [0.1, 0.15) is 6.92 Å². The number of nitro groups is 1. The Morgan fingerprint density at radius 1 is 1.42 bits per heavy atom. The van der Waals surface area contributed by atoms with E-state index in [1.165, 1.54) is 0 Å². The van der Waals surface area contributed by atoms with Crippen LogP contribution >= 0.6 is 0 Å². The lowest BCUT2D eigenvalue weighted by Crippen LogP contribution is -2.29. The fourth-order valence-corrected chi connectivity index (χ4v) is 1.48. The topological polar surface area (TPSA) is 87.4 Å². The van der Waals surface area contributed by atoms with Crippen molar-refractivity contribution in [2.24, 2.45) is 0 Å². The van der Waals surface area contributed by atoms with Crippen molar-refractivity contribution in [3.63, 3.8) is 0 Å². The Hall–Kier alpha value is -1.80. The second kappa shape index (κ2) is 6.95. The van der Waals surface area contributed by atoms with Crippen molar-refractivity contribution >= 4 is 11.4 Å². The van der Waals surface area contributed by atoms with Gasteiger partial charge >= 0.3 is 5.69 Å². The third-order valence-electron chi connectivity index (χ3n) is 2.27. The minimum absolute atomic E-state index is 0.207. The second-order valence-electron chi connectivity index (χ2n) is 4.02. The number of aliphatic hydroxyl groups is 1. The van der Waals surface area contributed by atoms with Gasteiger partial charge in [-0.25, -0.2) is 4.39 Å². The van der Waals surface area contributed by atoms with Crippen molar-refractivity contribution in [2.45, 2.75) is 13.0 Å². The Kier molecular flexibility index (Phi) is 5.58. The van der Waals surface area contributed by atoms with Crippen LogP contribution < -0.4 is 10.6 Å². The molecule has 0 aliphatic rings. The number of hydrogen-bond acceptors (Lipinski definition) is 5. The lowest BCUT2D eigenvalue weighted by atomic mass is 10.2. The van der Waals surface area contributed by atoms with E-state index in [1.807, 2.05) is 0 Å². The average molecular weight is 275 g/mol. The highest BCUT2D eigenvalue weighted by Gasteiger charge is 2.21. The molecule has 0 aromatic heterocycles. The first-order valence-corrected chi connectivity index (χ1v) is 5.68. The Morgan fingerprint density at radius 2 is 2.11 bits per heavy atom. The molecule has 0 fully saturated rings. The first-order chi connectivity index (χ1) is 8.91. The number of aliphatic hydroxyl groups excluding tert-OH is 1. The highest BCUT2D eigenvalue weighted by molar-refractivity contribution is 5.62. The van der Waals surface area contributed by atoms with Crippen molar-refractivity contribution in [3.05, 3.63) is 33.9 Å². The fourth-order valence-electron chi connectivity index (χ4n) is 1.48. The van der Waals surface area contributed by atoms with Gasteiger partial charge in [0.15, 0.2) is 0 Å². The molecule has 0 aliphatic heterocycles.